The topological polar surface area (TPSA) is 57.9 Å². The molecule has 0 amide bonds. The van der Waals surface area contributed by atoms with Crippen LogP contribution in [0, 0.1) is 11.3 Å². The van der Waals surface area contributed by atoms with Gasteiger partial charge in [0.15, 0.2) is 0 Å². The lowest BCUT2D eigenvalue weighted by atomic mass is 10.1. The zero-order valence-electron chi connectivity index (χ0n) is 12.3. The van der Waals surface area contributed by atoms with Crippen molar-refractivity contribution in [3.8, 4) is 6.07 Å². The van der Waals surface area contributed by atoms with E-state index < -0.39 is 9.84 Å². The Morgan fingerprint density at radius 2 is 1.83 bits per heavy atom. The molecule has 118 valence electrons. The molecule has 0 aliphatic heterocycles. The van der Waals surface area contributed by atoms with E-state index in [0.29, 0.717) is 14.5 Å². The van der Waals surface area contributed by atoms with Gasteiger partial charge < -0.3 is 0 Å². The first-order valence-electron chi connectivity index (χ1n) is 6.79. The second-order valence-electron chi connectivity index (χ2n) is 4.79. The first-order valence-corrected chi connectivity index (χ1v) is 9.86. The van der Waals surface area contributed by atoms with Crippen LogP contribution < -0.4 is 0 Å². The van der Waals surface area contributed by atoms with Gasteiger partial charge >= 0.3 is 0 Å². The Bertz CT molecular complexity index is 895. The van der Waals surface area contributed by atoms with Crippen LogP contribution in [0.3, 0.4) is 0 Å². The third-order valence-electron chi connectivity index (χ3n) is 3.27. The van der Waals surface area contributed by atoms with E-state index in [9.17, 15) is 13.7 Å². The minimum Gasteiger partial charge on any atom is -0.218 e. The molecule has 0 unspecified atom stereocenters. The number of nitrogens with zero attached hydrogens (tertiary/aromatic N) is 1. The summed E-state index contributed by atoms with van der Waals surface area (Å²) < 4.78 is 26.5. The van der Waals surface area contributed by atoms with Crippen LogP contribution in [0.25, 0.3) is 6.08 Å². The molecule has 0 aliphatic carbocycles. The Morgan fingerprint density at radius 3 is 2.39 bits per heavy atom. The first-order chi connectivity index (χ1) is 10.9. The van der Waals surface area contributed by atoms with Crippen molar-refractivity contribution in [2.75, 3.05) is 0 Å². The van der Waals surface area contributed by atoms with Crippen molar-refractivity contribution in [1.29, 1.82) is 5.26 Å². The van der Waals surface area contributed by atoms with Gasteiger partial charge in [-0.05, 0) is 57.8 Å². The number of sulfone groups is 1. The number of hydrogen-bond donors (Lipinski definition) is 0. The number of allylic oxidation sites excluding steroid dienone is 1. The van der Waals surface area contributed by atoms with Crippen LogP contribution in [0.5, 0.6) is 0 Å². The Morgan fingerprint density at radius 1 is 1.17 bits per heavy atom. The van der Waals surface area contributed by atoms with E-state index in [1.165, 1.54) is 12.1 Å². The Balaban J connectivity index is 2.52. The second-order valence-corrected chi connectivity index (χ2v) is 8.45. The summed E-state index contributed by atoms with van der Waals surface area (Å²) in [7, 11) is -3.90. The fourth-order valence-electron chi connectivity index (χ4n) is 1.97. The minimum atomic E-state index is -3.90. The van der Waals surface area contributed by atoms with Crippen molar-refractivity contribution < 1.29 is 8.42 Å². The maximum absolute atomic E-state index is 12.7. The van der Waals surface area contributed by atoms with Gasteiger partial charge in [0.1, 0.15) is 11.0 Å². The Labute approximate surface area is 152 Å². The van der Waals surface area contributed by atoms with E-state index in [4.69, 9.17) is 0 Å². The number of rotatable bonds is 4. The summed E-state index contributed by atoms with van der Waals surface area (Å²) in [6.45, 7) is 2.04. The van der Waals surface area contributed by atoms with Crippen LogP contribution in [0.15, 0.2) is 61.2 Å². The summed E-state index contributed by atoms with van der Waals surface area (Å²) in [5.41, 5.74) is 1.83. The van der Waals surface area contributed by atoms with E-state index in [0.717, 1.165) is 12.0 Å². The summed E-state index contributed by atoms with van der Waals surface area (Å²) in [4.78, 5) is -0.231. The van der Waals surface area contributed by atoms with Crippen LogP contribution >= 0.6 is 31.9 Å². The van der Waals surface area contributed by atoms with Gasteiger partial charge in [-0.2, -0.15) is 5.26 Å². The van der Waals surface area contributed by atoms with Crippen LogP contribution in [-0.2, 0) is 16.3 Å². The van der Waals surface area contributed by atoms with Gasteiger partial charge in [-0.3, -0.25) is 0 Å². The molecule has 0 saturated carbocycles. The quantitative estimate of drug-likeness (QED) is 0.603. The Kier molecular flexibility index (Phi) is 5.79. The van der Waals surface area contributed by atoms with Crippen LogP contribution in [0.4, 0.5) is 0 Å². The fourth-order valence-corrected chi connectivity index (χ4v) is 4.63. The van der Waals surface area contributed by atoms with Gasteiger partial charge in [-0.1, -0.05) is 47.1 Å². The molecule has 0 bridgehead atoms. The summed E-state index contributed by atoms with van der Waals surface area (Å²) in [5, 5.41) is 9.32. The van der Waals surface area contributed by atoms with Crippen molar-refractivity contribution in [3.63, 3.8) is 0 Å². The van der Waals surface area contributed by atoms with E-state index in [1.807, 2.05) is 31.2 Å². The molecule has 0 atom stereocenters. The average Bonchev–Trinajstić information content (AvgIpc) is 2.55. The van der Waals surface area contributed by atoms with Crippen LogP contribution in [0.2, 0.25) is 0 Å². The molecule has 0 aromatic heterocycles. The molecular weight excluding hydrogens is 442 g/mol. The van der Waals surface area contributed by atoms with Gasteiger partial charge in [0, 0.05) is 8.95 Å². The highest BCUT2D eigenvalue weighted by Crippen LogP contribution is 2.30. The first kappa shape index (κ1) is 17.9. The van der Waals surface area contributed by atoms with Crippen molar-refractivity contribution in [2.24, 2.45) is 0 Å². The molecule has 0 fully saturated rings. The SMILES string of the molecule is CCc1ccc(/C=C(\C#N)S(=O)(=O)c2cc(Br)ccc2Br)cc1. The molecule has 0 radical (unpaired) electrons. The molecule has 6 heteroatoms. The zero-order chi connectivity index (χ0) is 17.0. The normalized spacial score (nSPS) is 12.0. The minimum absolute atomic E-state index is 0.0600. The van der Waals surface area contributed by atoms with E-state index in [-0.39, 0.29) is 9.80 Å². The monoisotopic (exact) mass is 453 g/mol. The van der Waals surface area contributed by atoms with Crippen LogP contribution in [0.1, 0.15) is 18.1 Å². The van der Waals surface area contributed by atoms with Crippen molar-refractivity contribution in [2.45, 2.75) is 18.2 Å². The zero-order valence-corrected chi connectivity index (χ0v) is 16.2. The number of benzene rings is 2. The van der Waals surface area contributed by atoms with Gasteiger partial charge in [0.25, 0.3) is 0 Å². The second kappa shape index (κ2) is 7.43. The Hall–Kier alpha value is -1.42. The molecule has 3 nitrogen and oxygen atoms in total. The summed E-state index contributed by atoms with van der Waals surface area (Å²) in [5.74, 6) is 0. The van der Waals surface area contributed by atoms with Gasteiger partial charge in [0.05, 0.1) is 4.90 Å². The third-order valence-corrected chi connectivity index (χ3v) is 6.42. The number of nitriles is 1. The summed E-state index contributed by atoms with van der Waals surface area (Å²) in [6, 6.07) is 14.1. The maximum Gasteiger partial charge on any atom is 0.217 e. The fraction of sp³-hybridized carbons (Fsp3) is 0.118. The van der Waals surface area contributed by atoms with Gasteiger partial charge in [0.2, 0.25) is 9.84 Å². The lowest BCUT2D eigenvalue weighted by Crippen LogP contribution is -2.04. The van der Waals surface area contributed by atoms with Crippen molar-refractivity contribution in [1.82, 2.24) is 0 Å². The highest BCUT2D eigenvalue weighted by atomic mass is 79.9. The average molecular weight is 455 g/mol. The predicted octanol–water partition coefficient (Wildman–Crippen LogP) is 5.11. The predicted molar refractivity (Wildman–Crippen MR) is 98.4 cm³/mol. The molecule has 0 aliphatic rings. The molecule has 0 saturated heterocycles. The van der Waals surface area contributed by atoms with Crippen molar-refractivity contribution in [3.05, 3.63) is 67.4 Å². The smallest absolute Gasteiger partial charge is 0.217 e. The van der Waals surface area contributed by atoms with E-state index >= 15 is 0 Å². The van der Waals surface area contributed by atoms with Gasteiger partial charge in [-0.15, -0.1) is 0 Å². The largest absolute Gasteiger partial charge is 0.218 e. The molecule has 0 N–H and O–H groups in total. The highest BCUT2D eigenvalue weighted by molar-refractivity contribution is 9.11. The molecule has 2 aromatic carbocycles. The molecule has 23 heavy (non-hydrogen) atoms. The summed E-state index contributed by atoms with van der Waals surface area (Å²) >= 11 is 6.49. The molecule has 2 rings (SSSR count). The number of hydrogen-bond acceptors (Lipinski definition) is 3. The van der Waals surface area contributed by atoms with E-state index in [2.05, 4.69) is 31.9 Å². The molecule has 0 heterocycles. The summed E-state index contributed by atoms with van der Waals surface area (Å²) in [6.07, 6.45) is 2.29. The van der Waals surface area contributed by atoms with Crippen molar-refractivity contribution >= 4 is 47.8 Å². The highest BCUT2D eigenvalue weighted by Gasteiger charge is 2.23. The lowest BCUT2D eigenvalue weighted by molar-refractivity contribution is 0.603. The van der Waals surface area contributed by atoms with E-state index in [1.54, 1.807) is 18.2 Å². The molecule has 0 spiro atoms. The number of aryl methyl sites for hydroxylation is 1. The maximum atomic E-state index is 12.7. The molecular formula is C17H13Br2NO2S. The standard InChI is InChI=1S/C17H13Br2NO2S/c1-2-12-3-5-13(6-4-12)9-15(11-20)23(21,22)17-10-14(18)7-8-16(17)19/h3-10H,2H2,1H3/b15-9+. The van der Waals surface area contributed by atoms with Gasteiger partial charge in [-0.25, -0.2) is 8.42 Å². The number of halogens is 2. The third kappa shape index (κ3) is 4.11. The van der Waals surface area contributed by atoms with Crippen LogP contribution in [-0.4, -0.2) is 8.42 Å². The lowest BCUT2D eigenvalue weighted by Gasteiger charge is -2.06. The molecule has 2 aromatic rings.